The number of rotatable bonds is 4. The minimum Gasteiger partial charge on any atom is -0.349 e. The van der Waals surface area contributed by atoms with E-state index in [2.05, 4.69) is 10.6 Å². The molecule has 0 aromatic rings. The Labute approximate surface area is 68.7 Å². The van der Waals surface area contributed by atoms with Gasteiger partial charge in [0.15, 0.2) is 0 Å². The van der Waals surface area contributed by atoms with E-state index in [1.54, 1.807) is 0 Å². The van der Waals surface area contributed by atoms with Crippen LogP contribution in [0.15, 0.2) is 36.4 Å². The van der Waals surface area contributed by atoms with E-state index < -0.39 is 0 Å². The zero-order valence-corrected chi connectivity index (χ0v) is 7.39. The van der Waals surface area contributed by atoms with E-state index in [-0.39, 0.29) is 0 Å². The van der Waals surface area contributed by atoms with Gasteiger partial charge in [-0.15, -0.1) is 0 Å². The minimum atomic E-state index is 0.987. The van der Waals surface area contributed by atoms with Crippen molar-refractivity contribution in [2.45, 2.75) is 20.8 Å². The standard InChI is InChI=1S/C9H16N2/c1-4-7-10-9(6-3)11-8-5-2/h4-8,10-11H,1-3H3/b7-4-,8-5-. The van der Waals surface area contributed by atoms with Crippen LogP contribution in [0.3, 0.4) is 0 Å². The average Bonchev–Trinajstić information content (AvgIpc) is 2.05. The Hall–Kier alpha value is -1.18. The summed E-state index contributed by atoms with van der Waals surface area (Å²) in [5.74, 6) is 0.987. The monoisotopic (exact) mass is 152 g/mol. The van der Waals surface area contributed by atoms with Crippen LogP contribution in [0.1, 0.15) is 20.8 Å². The lowest BCUT2D eigenvalue weighted by Crippen LogP contribution is -2.17. The fourth-order valence-electron chi connectivity index (χ4n) is 0.555. The highest BCUT2D eigenvalue weighted by molar-refractivity contribution is 5.02. The van der Waals surface area contributed by atoms with E-state index in [4.69, 9.17) is 0 Å². The van der Waals surface area contributed by atoms with Crippen molar-refractivity contribution in [3.63, 3.8) is 0 Å². The van der Waals surface area contributed by atoms with Crippen LogP contribution in [-0.4, -0.2) is 0 Å². The summed E-state index contributed by atoms with van der Waals surface area (Å²) in [5.41, 5.74) is 0. The van der Waals surface area contributed by atoms with Gasteiger partial charge >= 0.3 is 0 Å². The molecular weight excluding hydrogens is 136 g/mol. The summed E-state index contributed by atoms with van der Waals surface area (Å²) in [5, 5.41) is 6.14. The summed E-state index contributed by atoms with van der Waals surface area (Å²) in [6.45, 7) is 5.91. The summed E-state index contributed by atoms with van der Waals surface area (Å²) in [4.78, 5) is 0. The minimum absolute atomic E-state index is 0.987. The van der Waals surface area contributed by atoms with E-state index in [0.29, 0.717) is 0 Å². The van der Waals surface area contributed by atoms with Crippen LogP contribution >= 0.6 is 0 Å². The van der Waals surface area contributed by atoms with Crippen molar-refractivity contribution in [2.24, 2.45) is 0 Å². The maximum atomic E-state index is 3.07. The molecule has 0 aromatic heterocycles. The Balaban J connectivity index is 3.78. The van der Waals surface area contributed by atoms with Crippen LogP contribution in [-0.2, 0) is 0 Å². The Morgan fingerprint density at radius 3 is 1.64 bits per heavy atom. The number of allylic oxidation sites excluding steroid dienone is 3. The fraction of sp³-hybridized carbons (Fsp3) is 0.333. The lowest BCUT2D eigenvalue weighted by atomic mass is 10.5. The fourth-order valence-corrected chi connectivity index (χ4v) is 0.555. The van der Waals surface area contributed by atoms with Gasteiger partial charge in [0.1, 0.15) is 5.82 Å². The Kier molecular flexibility index (Phi) is 6.19. The predicted molar refractivity (Wildman–Crippen MR) is 49.7 cm³/mol. The van der Waals surface area contributed by atoms with Crippen LogP contribution in [0.5, 0.6) is 0 Å². The van der Waals surface area contributed by atoms with E-state index in [1.165, 1.54) is 0 Å². The van der Waals surface area contributed by atoms with Gasteiger partial charge in [-0.1, -0.05) is 12.2 Å². The molecule has 0 saturated heterocycles. The number of hydrogen-bond donors (Lipinski definition) is 2. The molecule has 0 spiro atoms. The first-order chi connectivity index (χ1) is 5.35. The summed E-state index contributed by atoms with van der Waals surface area (Å²) >= 11 is 0. The third-order valence-corrected chi connectivity index (χ3v) is 1.10. The van der Waals surface area contributed by atoms with Gasteiger partial charge in [0, 0.05) is 0 Å². The van der Waals surface area contributed by atoms with Crippen LogP contribution in [0.4, 0.5) is 0 Å². The SMILES string of the molecule is CC=C(N/C=C\C)N/C=C\C. The van der Waals surface area contributed by atoms with Crippen LogP contribution in [0, 0.1) is 0 Å². The molecular formula is C9H16N2. The first-order valence-corrected chi connectivity index (χ1v) is 3.76. The molecule has 2 nitrogen and oxygen atoms in total. The van der Waals surface area contributed by atoms with Crippen LogP contribution in [0.2, 0.25) is 0 Å². The van der Waals surface area contributed by atoms with Gasteiger partial charge in [-0.25, -0.2) is 0 Å². The topological polar surface area (TPSA) is 24.1 Å². The Morgan fingerprint density at radius 2 is 1.36 bits per heavy atom. The van der Waals surface area contributed by atoms with E-state index in [0.717, 1.165) is 5.82 Å². The second-order valence-corrected chi connectivity index (χ2v) is 1.99. The Bertz CT molecular complexity index is 150. The van der Waals surface area contributed by atoms with Crippen LogP contribution < -0.4 is 10.6 Å². The second kappa shape index (κ2) is 6.93. The summed E-state index contributed by atoms with van der Waals surface area (Å²) in [6.07, 6.45) is 9.62. The van der Waals surface area contributed by atoms with Crippen molar-refractivity contribution in [3.8, 4) is 0 Å². The third kappa shape index (κ3) is 5.27. The maximum Gasteiger partial charge on any atom is 0.102 e. The van der Waals surface area contributed by atoms with Crippen molar-refractivity contribution < 1.29 is 0 Å². The molecule has 2 heteroatoms. The average molecular weight is 152 g/mol. The molecule has 0 saturated carbocycles. The molecule has 0 aliphatic rings. The van der Waals surface area contributed by atoms with E-state index in [1.807, 2.05) is 51.4 Å². The summed E-state index contributed by atoms with van der Waals surface area (Å²) in [7, 11) is 0. The smallest absolute Gasteiger partial charge is 0.102 e. The molecule has 62 valence electrons. The van der Waals surface area contributed by atoms with Gasteiger partial charge in [0.25, 0.3) is 0 Å². The van der Waals surface area contributed by atoms with E-state index >= 15 is 0 Å². The first kappa shape index (κ1) is 9.82. The highest BCUT2D eigenvalue weighted by Gasteiger charge is 1.83. The summed E-state index contributed by atoms with van der Waals surface area (Å²) < 4.78 is 0. The van der Waals surface area contributed by atoms with Crippen molar-refractivity contribution in [1.82, 2.24) is 10.6 Å². The van der Waals surface area contributed by atoms with Crippen molar-refractivity contribution in [3.05, 3.63) is 36.4 Å². The van der Waals surface area contributed by atoms with Gasteiger partial charge < -0.3 is 10.6 Å². The molecule has 0 atom stereocenters. The highest BCUT2D eigenvalue weighted by atomic mass is 15.1. The van der Waals surface area contributed by atoms with Crippen LogP contribution in [0.25, 0.3) is 0 Å². The molecule has 0 bridgehead atoms. The zero-order chi connectivity index (χ0) is 8.53. The molecule has 0 rings (SSSR count). The molecule has 0 amide bonds. The lowest BCUT2D eigenvalue weighted by Gasteiger charge is -2.04. The molecule has 0 fully saturated rings. The zero-order valence-electron chi connectivity index (χ0n) is 7.39. The third-order valence-electron chi connectivity index (χ3n) is 1.10. The van der Waals surface area contributed by atoms with Gasteiger partial charge in [-0.2, -0.15) is 0 Å². The highest BCUT2D eigenvalue weighted by Crippen LogP contribution is 1.82. The number of nitrogens with one attached hydrogen (secondary N) is 2. The van der Waals surface area contributed by atoms with Gasteiger partial charge in [0.05, 0.1) is 0 Å². The maximum absolute atomic E-state index is 3.07. The first-order valence-electron chi connectivity index (χ1n) is 3.76. The van der Waals surface area contributed by atoms with Gasteiger partial charge in [0.2, 0.25) is 0 Å². The quantitative estimate of drug-likeness (QED) is 0.644. The normalized spacial score (nSPS) is 10.5. The molecule has 0 aromatic carbocycles. The second-order valence-electron chi connectivity index (χ2n) is 1.99. The lowest BCUT2D eigenvalue weighted by molar-refractivity contribution is 0.903. The molecule has 0 radical (unpaired) electrons. The molecule has 2 N–H and O–H groups in total. The van der Waals surface area contributed by atoms with E-state index in [9.17, 15) is 0 Å². The predicted octanol–water partition coefficient (Wildman–Crippen LogP) is 2.09. The van der Waals surface area contributed by atoms with Crippen molar-refractivity contribution in [1.29, 1.82) is 0 Å². The molecule has 11 heavy (non-hydrogen) atoms. The summed E-state index contributed by atoms with van der Waals surface area (Å²) in [6, 6.07) is 0. The Morgan fingerprint density at radius 1 is 0.909 bits per heavy atom. The van der Waals surface area contributed by atoms with Gasteiger partial charge in [-0.05, 0) is 39.2 Å². The molecule has 0 aliphatic heterocycles. The molecule has 0 unspecified atom stereocenters. The molecule has 0 heterocycles. The van der Waals surface area contributed by atoms with Gasteiger partial charge in [-0.3, -0.25) is 0 Å². The van der Waals surface area contributed by atoms with Crippen molar-refractivity contribution in [2.75, 3.05) is 0 Å². The largest absolute Gasteiger partial charge is 0.349 e. The number of hydrogen-bond acceptors (Lipinski definition) is 2. The molecule has 0 aliphatic carbocycles. The van der Waals surface area contributed by atoms with Crippen molar-refractivity contribution >= 4 is 0 Å².